The molecule has 1 aliphatic heterocycles. The van der Waals surface area contributed by atoms with Crippen LogP contribution in [0, 0.1) is 0 Å². The lowest BCUT2D eigenvalue weighted by Crippen LogP contribution is -2.51. The number of fused-ring (bicyclic) bond motifs is 1. The van der Waals surface area contributed by atoms with Crippen molar-refractivity contribution in [1.29, 1.82) is 0 Å². The van der Waals surface area contributed by atoms with E-state index < -0.39 is 5.91 Å². The molecule has 0 radical (unpaired) electrons. The van der Waals surface area contributed by atoms with E-state index >= 15 is 4.79 Å². The lowest BCUT2D eigenvalue weighted by molar-refractivity contribution is 0.0935. The standard InChI is InChI=1S/C45H47Cl3N8O3/c1-28(34-15-13-31(46)24-36(34)48)56-27-51-40(29-9-5-3-6-10-29)42(56)39-35-16-14-32(47)25-37(35)52-41(39)45(58)53-38-23-30(44(57)49-17-22-59-2)26-50-43(38)55-20-18-54(19-21-55)33-11-7-4-8-12-33/h3,5-6,9-10,13-16,23-28,33,52H,4,7-8,11-12,17-22H2,1-2H3,(H,49,57)(H,53,58)/t28-/m0/s1. The van der Waals surface area contributed by atoms with Gasteiger partial charge in [-0.25, -0.2) is 9.97 Å². The molecule has 3 aromatic carbocycles. The minimum Gasteiger partial charge on any atom is -0.383 e. The number of amides is 2. The number of ether oxygens (including phenoxy) is 1. The van der Waals surface area contributed by atoms with Crippen LogP contribution >= 0.6 is 34.8 Å². The fourth-order valence-corrected chi connectivity index (χ4v) is 9.25. The van der Waals surface area contributed by atoms with Gasteiger partial charge < -0.3 is 29.8 Å². The van der Waals surface area contributed by atoms with Gasteiger partial charge in [0.2, 0.25) is 0 Å². The van der Waals surface area contributed by atoms with Crippen molar-refractivity contribution in [1.82, 2.24) is 29.7 Å². The minimum atomic E-state index is -0.419. The molecule has 1 saturated heterocycles. The van der Waals surface area contributed by atoms with Crippen LogP contribution in [-0.4, -0.2) is 88.7 Å². The summed E-state index contributed by atoms with van der Waals surface area (Å²) in [6, 6.07) is 22.9. The third kappa shape index (κ3) is 8.72. The van der Waals surface area contributed by atoms with Gasteiger partial charge >= 0.3 is 0 Å². The largest absolute Gasteiger partial charge is 0.383 e. The molecule has 8 rings (SSSR count). The molecule has 1 saturated carbocycles. The Bertz CT molecular complexity index is 2460. The zero-order valence-corrected chi connectivity index (χ0v) is 35.4. The second kappa shape index (κ2) is 18.1. The first-order valence-corrected chi connectivity index (χ1v) is 21.3. The molecule has 1 aliphatic carbocycles. The number of aromatic nitrogens is 4. The highest BCUT2D eigenvalue weighted by molar-refractivity contribution is 6.35. The predicted molar refractivity (Wildman–Crippen MR) is 237 cm³/mol. The summed E-state index contributed by atoms with van der Waals surface area (Å²) in [6.45, 7) is 6.01. The van der Waals surface area contributed by atoms with Crippen molar-refractivity contribution < 1.29 is 14.3 Å². The summed E-state index contributed by atoms with van der Waals surface area (Å²) in [7, 11) is 1.58. The Morgan fingerprint density at radius 3 is 2.39 bits per heavy atom. The van der Waals surface area contributed by atoms with E-state index in [9.17, 15) is 4.79 Å². The van der Waals surface area contributed by atoms with Crippen molar-refractivity contribution in [2.45, 2.75) is 51.1 Å². The molecule has 2 fully saturated rings. The number of anilines is 2. The van der Waals surface area contributed by atoms with Gasteiger partial charge in [0, 0.05) is 89.2 Å². The minimum absolute atomic E-state index is 0.290. The van der Waals surface area contributed by atoms with Gasteiger partial charge in [-0.2, -0.15) is 0 Å². The van der Waals surface area contributed by atoms with Gasteiger partial charge in [0.25, 0.3) is 11.8 Å². The van der Waals surface area contributed by atoms with Crippen LogP contribution in [0.3, 0.4) is 0 Å². The number of carbonyl (C=O) groups excluding carboxylic acids is 2. The molecule has 3 aromatic heterocycles. The van der Waals surface area contributed by atoms with E-state index in [1.54, 1.807) is 31.8 Å². The molecule has 2 aliphatic rings. The highest BCUT2D eigenvalue weighted by atomic mass is 35.5. The van der Waals surface area contributed by atoms with Gasteiger partial charge in [-0.05, 0) is 55.7 Å². The number of carbonyl (C=O) groups is 2. The first-order valence-electron chi connectivity index (χ1n) is 20.2. The van der Waals surface area contributed by atoms with Crippen LogP contribution in [0.4, 0.5) is 11.5 Å². The zero-order valence-electron chi connectivity index (χ0n) is 33.1. The maximum Gasteiger partial charge on any atom is 0.272 e. The van der Waals surface area contributed by atoms with Crippen LogP contribution in [0.2, 0.25) is 15.1 Å². The van der Waals surface area contributed by atoms with Crippen molar-refractivity contribution in [3.63, 3.8) is 0 Å². The number of pyridine rings is 1. The van der Waals surface area contributed by atoms with E-state index in [0.29, 0.717) is 79.5 Å². The summed E-state index contributed by atoms with van der Waals surface area (Å²) in [5.74, 6) is -0.125. The van der Waals surface area contributed by atoms with Gasteiger partial charge in [0.05, 0.1) is 41.6 Å². The number of piperazine rings is 1. The third-order valence-electron chi connectivity index (χ3n) is 11.6. The van der Waals surface area contributed by atoms with Crippen LogP contribution in [-0.2, 0) is 4.74 Å². The number of methoxy groups -OCH3 is 1. The molecule has 11 nitrogen and oxygen atoms in total. The van der Waals surface area contributed by atoms with E-state index in [0.717, 1.165) is 42.7 Å². The molecule has 0 unspecified atom stereocenters. The van der Waals surface area contributed by atoms with E-state index in [2.05, 4.69) is 25.4 Å². The Labute approximate surface area is 359 Å². The molecule has 3 N–H and O–H groups in total. The topological polar surface area (TPSA) is 120 Å². The Morgan fingerprint density at radius 2 is 1.64 bits per heavy atom. The Balaban J connectivity index is 1.22. The molecular formula is C45H47Cl3N8O3. The van der Waals surface area contributed by atoms with Crippen molar-refractivity contribution in [2.75, 3.05) is 56.7 Å². The summed E-state index contributed by atoms with van der Waals surface area (Å²) in [5.41, 5.74) is 5.44. The number of rotatable bonds is 12. The van der Waals surface area contributed by atoms with Gasteiger partial charge in [-0.15, -0.1) is 0 Å². The Morgan fingerprint density at radius 1 is 0.898 bits per heavy atom. The first kappa shape index (κ1) is 40.9. The molecule has 0 bridgehead atoms. The van der Waals surface area contributed by atoms with Crippen LogP contribution in [0.15, 0.2) is 85.3 Å². The number of imidazole rings is 1. The van der Waals surface area contributed by atoms with Crippen molar-refractivity contribution in [3.05, 3.63) is 117 Å². The van der Waals surface area contributed by atoms with Crippen LogP contribution in [0.5, 0.6) is 0 Å². The number of benzene rings is 3. The van der Waals surface area contributed by atoms with Crippen molar-refractivity contribution in [2.24, 2.45) is 0 Å². The Kier molecular flexibility index (Phi) is 12.6. The van der Waals surface area contributed by atoms with Crippen molar-refractivity contribution >= 4 is 69.0 Å². The highest BCUT2D eigenvalue weighted by Gasteiger charge is 2.31. The second-order valence-electron chi connectivity index (χ2n) is 15.2. The molecule has 2 amide bonds. The average molecular weight is 854 g/mol. The van der Waals surface area contributed by atoms with E-state index in [1.807, 2.05) is 72.2 Å². The van der Waals surface area contributed by atoms with E-state index in [4.69, 9.17) is 49.5 Å². The second-order valence-corrected chi connectivity index (χ2v) is 16.5. The first-order chi connectivity index (χ1) is 28.7. The highest BCUT2D eigenvalue weighted by Crippen LogP contribution is 2.42. The quantitative estimate of drug-likeness (QED) is 0.105. The van der Waals surface area contributed by atoms with E-state index in [-0.39, 0.29) is 11.9 Å². The van der Waals surface area contributed by atoms with Gasteiger partial charge in [0.1, 0.15) is 5.69 Å². The molecule has 14 heteroatoms. The average Bonchev–Trinajstić information content (AvgIpc) is 3.86. The van der Waals surface area contributed by atoms with E-state index in [1.165, 1.54) is 32.1 Å². The van der Waals surface area contributed by atoms with Gasteiger partial charge in [-0.1, -0.05) is 96.5 Å². The third-order valence-corrected chi connectivity index (χ3v) is 12.4. The lowest BCUT2D eigenvalue weighted by Gasteiger charge is -2.41. The summed E-state index contributed by atoms with van der Waals surface area (Å²) in [5, 5.41) is 8.42. The smallest absolute Gasteiger partial charge is 0.272 e. The Hall–Kier alpha value is -4.91. The number of halogens is 3. The summed E-state index contributed by atoms with van der Waals surface area (Å²) < 4.78 is 7.18. The number of H-pyrrole nitrogens is 1. The molecular weight excluding hydrogens is 807 g/mol. The fraction of sp³-hybridized carbons (Fsp3) is 0.333. The molecule has 1 atom stereocenters. The van der Waals surface area contributed by atoms with Gasteiger partial charge in [-0.3, -0.25) is 14.5 Å². The number of nitrogens with zero attached hydrogens (tertiary/aromatic N) is 5. The SMILES string of the molecule is COCCNC(=O)c1cnc(N2CCN(C3CCCCC3)CC2)c(NC(=O)c2[nH]c3cc(Cl)ccc3c2-c2c(-c3ccccc3)ncn2[C@@H](C)c2ccc(Cl)cc2Cl)c1. The summed E-state index contributed by atoms with van der Waals surface area (Å²) in [6.07, 6.45) is 9.70. The van der Waals surface area contributed by atoms with Gasteiger partial charge in [0.15, 0.2) is 5.82 Å². The molecule has 306 valence electrons. The lowest BCUT2D eigenvalue weighted by atomic mass is 9.94. The van der Waals surface area contributed by atoms with Crippen LogP contribution in [0.1, 0.15) is 71.5 Å². The molecule has 59 heavy (non-hydrogen) atoms. The normalized spacial score (nSPS) is 15.7. The molecule has 6 aromatic rings. The molecule has 0 spiro atoms. The van der Waals surface area contributed by atoms with Crippen molar-refractivity contribution in [3.8, 4) is 22.5 Å². The number of hydrogen-bond acceptors (Lipinski definition) is 7. The monoisotopic (exact) mass is 852 g/mol. The zero-order chi connectivity index (χ0) is 41.0. The number of hydrogen-bond donors (Lipinski definition) is 3. The number of nitrogens with one attached hydrogen (secondary N) is 3. The number of aromatic amines is 1. The summed E-state index contributed by atoms with van der Waals surface area (Å²) >= 11 is 19.7. The maximum absolute atomic E-state index is 15.0. The fourth-order valence-electron chi connectivity index (χ4n) is 8.51. The van der Waals surface area contributed by atoms with Crippen LogP contribution < -0.4 is 15.5 Å². The van der Waals surface area contributed by atoms with Crippen LogP contribution in [0.25, 0.3) is 33.4 Å². The maximum atomic E-state index is 15.0. The molecule has 4 heterocycles. The predicted octanol–water partition coefficient (Wildman–Crippen LogP) is 9.75. The summed E-state index contributed by atoms with van der Waals surface area (Å²) in [4.78, 5) is 46.4.